The summed E-state index contributed by atoms with van der Waals surface area (Å²) in [5, 5.41) is 0. The molecule has 0 saturated heterocycles. The van der Waals surface area contributed by atoms with Crippen LogP contribution in [0.25, 0.3) is 0 Å². The fourth-order valence-corrected chi connectivity index (χ4v) is 3.55. The molecule has 4 nitrogen and oxygen atoms in total. The highest BCUT2D eigenvalue weighted by Gasteiger charge is 2.45. The number of carbonyl (C=O) groups is 2. The van der Waals surface area contributed by atoms with Gasteiger partial charge in [0, 0.05) is 0 Å². The summed E-state index contributed by atoms with van der Waals surface area (Å²) in [5.74, 6) is -0.820. The van der Waals surface area contributed by atoms with Crippen LogP contribution >= 0.6 is 11.6 Å². The molecule has 0 bridgehead atoms. The van der Waals surface area contributed by atoms with Gasteiger partial charge in [-0.25, -0.2) is 0 Å². The fraction of sp³-hybridized carbons (Fsp3) is 0.579. The Bertz CT molecular complexity index is 580. The molecule has 5 heteroatoms. The number of hydrogen-bond donors (Lipinski definition) is 0. The second-order valence-electron chi connectivity index (χ2n) is 6.93. The first kappa shape index (κ1) is 20.5. The van der Waals surface area contributed by atoms with E-state index >= 15 is 0 Å². The minimum atomic E-state index is -1.29. The number of alkyl halides is 1. The van der Waals surface area contributed by atoms with E-state index in [-0.39, 0.29) is 18.3 Å². The third-order valence-electron chi connectivity index (χ3n) is 4.41. The van der Waals surface area contributed by atoms with Crippen LogP contribution in [0.5, 0.6) is 0 Å². The molecule has 0 aliphatic heterocycles. The Morgan fingerprint density at radius 3 is 2.04 bits per heavy atom. The van der Waals surface area contributed by atoms with Gasteiger partial charge in [0.25, 0.3) is 0 Å². The minimum Gasteiger partial charge on any atom is -0.469 e. The topological polar surface area (TPSA) is 52.6 Å². The van der Waals surface area contributed by atoms with Gasteiger partial charge in [0.15, 0.2) is 0 Å². The van der Waals surface area contributed by atoms with Crippen molar-refractivity contribution >= 4 is 23.5 Å². The van der Waals surface area contributed by atoms with E-state index in [2.05, 4.69) is 19.1 Å². The Morgan fingerprint density at radius 2 is 1.58 bits per heavy atom. The van der Waals surface area contributed by atoms with E-state index in [1.807, 2.05) is 19.1 Å². The van der Waals surface area contributed by atoms with Crippen molar-refractivity contribution in [3.8, 4) is 0 Å². The molecule has 1 aromatic rings. The molecule has 0 heterocycles. The van der Waals surface area contributed by atoms with Crippen LogP contribution in [0.15, 0.2) is 24.3 Å². The first-order chi connectivity index (χ1) is 11.1. The molecule has 24 heavy (non-hydrogen) atoms. The lowest BCUT2D eigenvalue weighted by atomic mass is 9.73. The lowest BCUT2D eigenvalue weighted by Gasteiger charge is -2.34. The van der Waals surface area contributed by atoms with Gasteiger partial charge < -0.3 is 9.47 Å². The monoisotopic (exact) mass is 354 g/mol. The number of benzene rings is 1. The molecule has 0 N–H and O–H groups in total. The van der Waals surface area contributed by atoms with Gasteiger partial charge in [0.2, 0.25) is 0 Å². The lowest BCUT2D eigenvalue weighted by Crippen LogP contribution is -2.41. The molecule has 134 valence electrons. The number of ether oxygens (including phenoxy) is 2. The van der Waals surface area contributed by atoms with E-state index in [1.54, 1.807) is 13.8 Å². The van der Waals surface area contributed by atoms with Crippen LogP contribution in [-0.2, 0) is 19.1 Å². The summed E-state index contributed by atoms with van der Waals surface area (Å²) in [4.78, 5) is 23.0. The summed E-state index contributed by atoms with van der Waals surface area (Å²) in [7, 11) is 2.63. The average Bonchev–Trinajstić information content (AvgIpc) is 2.52. The van der Waals surface area contributed by atoms with Crippen LogP contribution in [0.4, 0.5) is 0 Å². The second-order valence-corrected chi connectivity index (χ2v) is 7.77. The third kappa shape index (κ3) is 4.97. The third-order valence-corrected chi connectivity index (χ3v) is 4.70. The Balaban J connectivity index is 3.05. The zero-order valence-corrected chi connectivity index (χ0v) is 16.1. The van der Waals surface area contributed by atoms with Crippen LogP contribution in [0.1, 0.15) is 50.7 Å². The van der Waals surface area contributed by atoms with Gasteiger partial charge in [-0.3, -0.25) is 9.59 Å². The second kappa shape index (κ2) is 8.02. The maximum Gasteiger partial charge on any atom is 0.326 e. The van der Waals surface area contributed by atoms with Gasteiger partial charge in [-0.15, -0.1) is 11.6 Å². The number of rotatable bonds is 7. The highest BCUT2D eigenvalue weighted by atomic mass is 35.5. The van der Waals surface area contributed by atoms with Crippen molar-refractivity contribution in [1.29, 1.82) is 0 Å². The van der Waals surface area contributed by atoms with Crippen LogP contribution in [0.3, 0.4) is 0 Å². The number of hydrogen-bond acceptors (Lipinski definition) is 4. The number of halogens is 1. The summed E-state index contributed by atoms with van der Waals surface area (Å²) in [6.45, 7) is 7.43. The molecule has 0 amide bonds. The maximum absolute atomic E-state index is 12.4. The van der Waals surface area contributed by atoms with Crippen molar-refractivity contribution in [2.45, 2.75) is 51.3 Å². The van der Waals surface area contributed by atoms with Crippen molar-refractivity contribution in [3.05, 3.63) is 35.4 Å². The van der Waals surface area contributed by atoms with E-state index in [9.17, 15) is 9.59 Å². The van der Waals surface area contributed by atoms with Crippen molar-refractivity contribution in [2.24, 2.45) is 5.41 Å². The van der Waals surface area contributed by atoms with E-state index < -0.39 is 16.3 Å². The van der Waals surface area contributed by atoms with E-state index in [4.69, 9.17) is 21.1 Å². The summed E-state index contributed by atoms with van der Waals surface area (Å²) < 4.78 is 9.73. The maximum atomic E-state index is 12.4. The lowest BCUT2D eigenvalue weighted by molar-refractivity contribution is -0.155. The predicted octanol–water partition coefficient (Wildman–Crippen LogP) is 4.23. The molecule has 0 fully saturated rings. The average molecular weight is 355 g/mol. The van der Waals surface area contributed by atoms with Gasteiger partial charge in [-0.1, -0.05) is 36.8 Å². The molecule has 0 spiro atoms. The Kier molecular flexibility index (Phi) is 6.85. The quantitative estimate of drug-likeness (QED) is 0.543. The molecule has 0 aliphatic carbocycles. The fourth-order valence-electron chi connectivity index (χ4n) is 3.18. The first-order valence-corrected chi connectivity index (χ1v) is 8.36. The van der Waals surface area contributed by atoms with Crippen LogP contribution in [0.2, 0.25) is 0 Å². The highest BCUT2D eigenvalue weighted by Crippen LogP contribution is 2.41. The smallest absolute Gasteiger partial charge is 0.326 e. The minimum absolute atomic E-state index is 0.111. The highest BCUT2D eigenvalue weighted by molar-refractivity contribution is 6.33. The number of methoxy groups -OCH3 is 2. The zero-order chi connectivity index (χ0) is 18.5. The predicted molar refractivity (Wildman–Crippen MR) is 95.2 cm³/mol. The molecule has 3 unspecified atom stereocenters. The van der Waals surface area contributed by atoms with E-state index in [0.29, 0.717) is 6.42 Å². The molecule has 3 atom stereocenters. The molecule has 0 aliphatic rings. The Hall–Kier alpha value is -1.55. The van der Waals surface area contributed by atoms with Crippen molar-refractivity contribution in [3.63, 3.8) is 0 Å². The Morgan fingerprint density at radius 1 is 1.08 bits per heavy atom. The summed E-state index contributed by atoms with van der Waals surface area (Å²) >= 11 is 6.34. The van der Waals surface area contributed by atoms with Crippen molar-refractivity contribution in [1.82, 2.24) is 0 Å². The van der Waals surface area contributed by atoms with Gasteiger partial charge in [0.05, 0.1) is 19.6 Å². The van der Waals surface area contributed by atoms with Crippen LogP contribution in [-0.4, -0.2) is 31.0 Å². The Labute approximate surface area is 149 Å². The summed E-state index contributed by atoms with van der Waals surface area (Å²) in [6.07, 6.45) is 0.652. The molecule has 0 aromatic heterocycles. The molecular weight excluding hydrogens is 328 g/mol. The standard InChI is InChI=1S/C19H27ClO4/c1-13-7-9-15(10-8-13)14(2)11-18(3,16(21)23-5)12-19(4,20)17(22)24-6/h7-10,14H,11-12H2,1-6H3. The molecule has 0 saturated carbocycles. The van der Waals surface area contributed by atoms with Gasteiger partial charge in [-0.05, 0) is 45.1 Å². The van der Waals surface area contributed by atoms with Crippen LogP contribution < -0.4 is 0 Å². The SMILES string of the molecule is COC(=O)C(C)(Cl)CC(C)(CC(C)c1ccc(C)cc1)C(=O)OC. The normalized spacial score (nSPS) is 17.3. The van der Waals surface area contributed by atoms with Gasteiger partial charge in [0.1, 0.15) is 4.87 Å². The number of esters is 2. The molecule has 1 rings (SSSR count). The van der Waals surface area contributed by atoms with Crippen molar-refractivity contribution < 1.29 is 19.1 Å². The van der Waals surface area contributed by atoms with Crippen LogP contribution in [0, 0.1) is 12.3 Å². The number of aryl methyl sites for hydroxylation is 1. The van der Waals surface area contributed by atoms with Crippen molar-refractivity contribution in [2.75, 3.05) is 14.2 Å². The molecular formula is C19H27ClO4. The number of carbonyl (C=O) groups excluding carboxylic acids is 2. The van der Waals surface area contributed by atoms with E-state index in [0.717, 1.165) is 5.56 Å². The summed E-state index contributed by atoms with van der Waals surface area (Å²) in [6, 6.07) is 8.19. The molecule has 1 aromatic carbocycles. The largest absolute Gasteiger partial charge is 0.469 e. The van der Waals surface area contributed by atoms with Gasteiger partial charge >= 0.3 is 11.9 Å². The zero-order valence-electron chi connectivity index (χ0n) is 15.3. The van der Waals surface area contributed by atoms with E-state index in [1.165, 1.54) is 19.8 Å². The molecule has 0 radical (unpaired) electrons. The summed E-state index contributed by atoms with van der Waals surface area (Å²) in [5.41, 5.74) is 1.41. The van der Waals surface area contributed by atoms with Gasteiger partial charge in [-0.2, -0.15) is 0 Å². The first-order valence-electron chi connectivity index (χ1n) is 7.98.